The van der Waals surface area contributed by atoms with Crippen molar-refractivity contribution in [1.29, 1.82) is 0 Å². The predicted octanol–water partition coefficient (Wildman–Crippen LogP) is 5.05. The van der Waals surface area contributed by atoms with E-state index in [0.29, 0.717) is 19.8 Å². The molecule has 0 fully saturated rings. The van der Waals surface area contributed by atoms with E-state index in [1.54, 1.807) is 0 Å². The van der Waals surface area contributed by atoms with E-state index < -0.39 is 0 Å². The van der Waals surface area contributed by atoms with Crippen LogP contribution in [0.15, 0.2) is 42.5 Å². The maximum absolute atomic E-state index is 5.60. The summed E-state index contributed by atoms with van der Waals surface area (Å²) in [6, 6.07) is 14.0. The molecule has 0 N–H and O–H groups in total. The number of hydrogen-bond acceptors (Lipinski definition) is 3. The molecule has 0 aliphatic carbocycles. The SMILES string of the molecule is CCOc1ccc(/C=C\c2cc(OCC)cc(OCC)c2)cc1. The summed E-state index contributed by atoms with van der Waals surface area (Å²) in [5, 5.41) is 0. The van der Waals surface area contributed by atoms with Crippen molar-refractivity contribution in [3.8, 4) is 17.2 Å². The second-order valence-electron chi connectivity index (χ2n) is 4.94. The summed E-state index contributed by atoms with van der Waals surface area (Å²) in [6.07, 6.45) is 4.12. The number of benzene rings is 2. The average Bonchev–Trinajstić information content (AvgIpc) is 2.55. The largest absolute Gasteiger partial charge is 0.494 e. The summed E-state index contributed by atoms with van der Waals surface area (Å²) < 4.78 is 16.6. The van der Waals surface area contributed by atoms with E-state index in [2.05, 4.69) is 12.2 Å². The van der Waals surface area contributed by atoms with Gasteiger partial charge in [-0.15, -0.1) is 0 Å². The predicted molar refractivity (Wildman–Crippen MR) is 95.3 cm³/mol. The van der Waals surface area contributed by atoms with Crippen LogP contribution in [0.3, 0.4) is 0 Å². The molecular formula is C20H24O3. The summed E-state index contributed by atoms with van der Waals surface area (Å²) in [5.41, 5.74) is 2.17. The van der Waals surface area contributed by atoms with E-state index in [-0.39, 0.29) is 0 Å². The first-order valence-corrected chi connectivity index (χ1v) is 8.06. The Bertz CT molecular complexity index is 606. The Morgan fingerprint density at radius 2 is 1.09 bits per heavy atom. The minimum Gasteiger partial charge on any atom is -0.494 e. The lowest BCUT2D eigenvalue weighted by molar-refractivity contribution is 0.323. The van der Waals surface area contributed by atoms with Crippen molar-refractivity contribution in [2.75, 3.05) is 19.8 Å². The number of ether oxygens (including phenoxy) is 3. The molecule has 0 bridgehead atoms. The van der Waals surface area contributed by atoms with Crippen LogP contribution in [0, 0.1) is 0 Å². The Hall–Kier alpha value is -2.42. The van der Waals surface area contributed by atoms with Gasteiger partial charge in [-0.2, -0.15) is 0 Å². The molecule has 0 spiro atoms. The van der Waals surface area contributed by atoms with Crippen LogP contribution < -0.4 is 14.2 Å². The van der Waals surface area contributed by atoms with Gasteiger partial charge in [0.15, 0.2) is 0 Å². The highest BCUT2D eigenvalue weighted by Gasteiger charge is 2.01. The van der Waals surface area contributed by atoms with Gasteiger partial charge in [-0.3, -0.25) is 0 Å². The van der Waals surface area contributed by atoms with Gasteiger partial charge >= 0.3 is 0 Å². The van der Waals surface area contributed by atoms with Crippen molar-refractivity contribution in [2.45, 2.75) is 20.8 Å². The monoisotopic (exact) mass is 312 g/mol. The van der Waals surface area contributed by atoms with E-state index >= 15 is 0 Å². The van der Waals surface area contributed by atoms with Crippen molar-refractivity contribution in [1.82, 2.24) is 0 Å². The third-order valence-corrected chi connectivity index (χ3v) is 3.18. The summed E-state index contributed by atoms with van der Waals surface area (Å²) >= 11 is 0. The van der Waals surface area contributed by atoms with Gasteiger partial charge in [-0.1, -0.05) is 24.3 Å². The van der Waals surface area contributed by atoms with Gasteiger partial charge in [-0.25, -0.2) is 0 Å². The Balaban J connectivity index is 2.16. The standard InChI is InChI=1S/C20H24O3/c1-4-21-18-11-9-16(10-12-18)7-8-17-13-19(22-5-2)15-20(14-17)23-6-3/h7-15H,4-6H2,1-3H3/b8-7-. The van der Waals surface area contributed by atoms with E-state index in [9.17, 15) is 0 Å². The first-order chi connectivity index (χ1) is 11.2. The average molecular weight is 312 g/mol. The van der Waals surface area contributed by atoms with Gasteiger partial charge in [0.2, 0.25) is 0 Å². The van der Waals surface area contributed by atoms with Crippen LogP contribution >= 0.6 is 0 Å². The molecule has 0 saturated carbocycles. The summed E-state index contributed by atoms with van der Waals surface area (Å²) in [6.45, 7) is 7.88. The van der Waals surface area contributed by atoms with Gasteiger partial charge < -0.3 is 14.2 Å². The first-order valence-electron chi connectivity index (χ1n) is 8.06. The van der Waals surface area contributed by atoms with Crippen LogP contribution in [0.1, 0.15) is 31.9 Å². The lowest BCUT2D eigenvalue weighted by atomic mass is 10.1. The molecule has 122 valence electrons. The van der Waals surface area contributed by atoms with Crippen LogP contribution in [0.25, 0.3) is 12.2 Å². The van der Waals surface area contributed by atoms with Gasteiger partial charge in [-0.05, 0) is 56.2 Å². The first kappa shape index (κ1) is 16.9. The van der Waals surface area contributed by atoms with Crippen molar-refractivity contribution >= 4 is 12.2 Å². The lowest BCUT2D eigenvalue weighted by Crippen LogP contribution is -1.95. The van der Waals surface area contributed by atoms with Crippen LogP contribution in [-0.4, -0.2) is 19.8 Å². The van der Waals surface area contributed by atoms with E-state index in [1.807, 2.05) is 63.2 Å². The van der Waals surface area contributed by atoms with Crippen LogP contribution in [0.5, 0.6) is 17.2 Å². The smallest absolute Gasteiger partial charge is 0.123 e. The fraction of sp³-hybridized carbons (Fsp3) is 0.300. The van der Waals surface area contributed by atoms with E-state index in [4.69, 9.17) is 14.2 Å². The maximum atomic E-state index is 5.60. The summed E-state index contributed by atoms with van der Waals surface area (Å²) in [4.78, 5) is 0. The molecule has 2 aromatic rings. The molecule has 0 amide bonds. The Morgan fingerprint density at radius 3 is 1.61 bits per heavy atom. The highest BCUT2D eigenvalue weighted by molar-refractivity contribution is 5.71. The molecule has 2 aromatic carbocycles. The minimum atomic E-state index is 0.637. The molecule has 0 aliphatic rings. The highest BCUT2D eigenvalue weighted by atomic mass is 16.5. The fourth-order valence-electron chi connectivity index (χ4n) is 2.22. The van der Waals surface area contributed by atoms with E-state index in [1.165, 1.54) is 0 Å². The quantitative estimate of drug-likeness (QED) is 0.638. The summed E-state index contributed by atoms with van der Waals surface area (Å²) in [5.74, 6) is 2.54. The molecular weight excluding hydrogens is 288 g/mol. The molecule has 0 saturated heterocycles. The zero-order valence-corrected chi connectivity index (χ0v) is 14.0. The number of rotatable bonds is 8. The van der Waals surface area contributed by atoms with Crippen molar-refractivity contribution < 1.29 is 14.2 Å². The zero-order valence-electron chi connectivity index (χ0n) is 14.0. The number of hydrogen-bond donors (Lipinski definition) is 0. The molecule has 0 aliphatic heterocycles. The third-order valence-electron chi connectivity index (χ3n) is 3.18. The van der Waals surface area contributed by atoms with Gasteiger partial charge in [0.1, 0.15) is 17.2 Å². The van der Waals surface area contributed by atoms with Gasteiger partial charge in [0, 0.05) is 6.07 Å². The van der Waals surface area contributed by atoms with Crippen molar-refractivity contribution in [3.05, 3.63) is 53.6 Å². The van der Waals surface area contributed by atoms with Crippen LogP contribution in [0.4, 0.5) is 0 Å². The topological polar surface area (TPSA) is 27.7 Å². The van der Waals surface area contributed by atoms with E-state index in [0.717, 1.165) is 28.4 Å². The Morgan fingerprint density at radius 1 is 0.609 bits per heavy atom. The van der Waals surface area contributed by atoms with Crippen molar-refractivity contribution in [2.24, 2.45) is 0 Å². The van der Waals surface area contributed by atoms with Gasteiger partial charge in [0.25, 0.3) is 0 Å². The van der Waals surface area contributed by atoms with Crippen LogP contribution in [0.2, 0.25) is 0 Å². The lowest BCUT2D eigenvalue weighted by Gasteiger charge is -2.09. The second kappa shape index (κ2) is 8.89. The third kappa shape index (κ3) is 5.37. The van der Waals surface area contributed by atoms with Gasteiger partial charge in [0.05, 0.1) is 19.8 Å². The molecule has 3 nitrogen and oxygen atoms in total. The zero-order chi connectivity index (χ0) is 16.5. The molecule has 0 atom stereocenters. The molecule has 23 heavy (non-hydrogen) atoms. The summed E-state index contributed by atoms with van der Waals surface area (Å²) in [7, 11) is 0. The maximum Gasteiger partial charge on any atom is 0.123 e. The molecule has 2 rings (SSSR count). The Labute approximate surface area is 138 Å². The molecule has 0 heterocycles. The second-order valence-corrected chi connectivity index (χ2v) is 4.94. The molecule has 0 unspecified atom stereocenters. The Kier molecular flexibility index (Phi) is 6.55. The normalized spacial score (nSPS) is 10.7. The molecule has 3 heteroatoms. The van der Waals surface area contributed by atoms with Crippen molar-refractivity contribution in [3.63, 3.8) is 0 Å². The molecule has 0 radical (unpaired) electrons. The van der Waals surface area contributed by atoms with Crippen LogP contribution in [-0.2, 0) is 0 Å². The highest BCUT2D eigenvalue weighted by Crippen LogP contribution is 2.25. The minimum absolute atomic E-state index is 0.637. The molecule has 0 aromatic heterocycles. The fourth-order valence-corrected chi connectivity index (χ4v) is 2.22.